The summed E-state index contributed by atoms with van der Waals surface area (Å²) in [4.78, 5) is 11.3. The molecule has 2 rings (SSSR count). The Bertz CT molecular complexity index is 388. The summed E-state index contributed by atoms with van der Waals surface area (Å²) >= 11 is 5.99. The van der Waals surface area contributed by atoms with Gasteiger partial charge in [-0.1, -0.05) is 31.4 Å². The zero-order valence-electron chi connectivity index (χ0n) is 12.0. The Morgan fingerprint density at radius 3 is 2.89 bits per heavy atom. The van der Waals surface area contributed by atoms with Gasteiger partial charge >= 0.3 is 0 Å². The molecule has 0 aliphatic carbocycles. The molecule has 0 bridgehead atoms. The number of rotatable bonds is 4. The van der Waals surface area contributed by atoms with Crippen LogP contribution < -0.4 is 0 Å². The minimum atomic E-state index is 0.557. The molecule has 1 aromatic rings. The van der Waals surface area contributed by atoms with E-state index in [4.69, 9.17) is 11.6 Å². The van der Waals surface area contributed by atoms with Crippen molar-refractivity contribution in [3.63, 3.8) is 0 Å². The van der Waals surface area contributed by atoms with Gasteiger partial charge in [0.15, 0.2) is 0 Å². The van der Waals surface area contributed by atoms with E-state index in [0.717, 1.165) is 30.5 Å². The summed E-state index contributed by atoms with van der Waals surface area (Å²) in [6, 6.07) is 1.81. The minimum Gasteiger partial charge on any atom is -0.296 e. The largest absolute Gasteiger partial charge is 0.296 e. The summed E-state index contributed by atoms with van der Waals surface area (Å²) in [7, 11) is 0. The molecule has 19 heavy (non-hydrogen) atoms. The van der Waals surface area contributed by atoms with Gasteiger partial charge in [-0.2, -0.15) is 0 Å². The maximum atomic E-state index is 5.99. The summed E-state index contributed by atoms with van der Waals surface area (Å²) in [6.07, 6.45) is 6.67. The molecule has 0 aromatic carbocycles. The highest BCUT2D eigenvalue weighted by molar-refractivity contribution is 6.29. The van der Waals surface area contributed by atoms with Gasteiger partial charge in [-0.15, -0.1) is 0 Å². The topological polar surface area (TPSA) is 29.0 Å². The van der Waals surface area contributed by atoms with Gasteiger partial charge in [0, 0.05) is 5.69 Å². The van der Waals surface area contributed by atoms with Gasteiger partial charge in [0.1, 0.15) is 11.0 Å². The molecule has 3 nitrogen and oxygen atoms in total. The SMILES string of the molecule is CCCC1CCCN(Cc2nc(C)cc(Cl)n2)CC1. The van der Waals surface area contributed by atoms with E-state index < -0.39 is 0 Å². The second kappa shape index (κ2) is 7.20. The van der Waals surface area contributed by atoms with Crippen LogP contribution in [0.5, 0.6) is 0 Å². The molecule has 1 atom stereocenters. The first kappa shape index (κ1) is 14.7. The van der Waals surface area contributed by atoms with Crippen LogP contribution in [-0.4, -0.2) is 28.0 Å². The summed E-state index contributed by atoms with van der Waals surface area (Å²) in [5.74, 6) is 1.77. The van der Waals surface area contributed by atoms with Crippen LogP contribution in [0.4, 0.5) is 0 Å². The van der Waals surface area contributed by atoms with Crippen molar-refractivity contribution in [2.75, 3.05) is 13.1 Å². The first-order valence-electron chi connectivity index (χ1n) is 7.39. The van der Waals surface area contributed by atoms with E-state index in [9.17, 15) is 0 Å². The van der Waals surface area contributed by atoms with E-state index in [-0.39, 0.29) is 0 Å². The highest BCUT2D eigenvalue weighted by Crippen LogP contribution is 2.22. The summed E-state index contributed by atoms with van der Waals surface area (Å²) in [6.45, 7) is 7.41. The Labute approximate surface area is 121 Å². The van der Waals surface area contributed by atoms with Gasteiger partial charge in [0.2, 0.25) is 0 Å². The number of aromatic nitrogens is 2. The van der Waals surface area contributed by atoms with Gasteiger partial charge in [-0.25, -0.2) is 9.97 Å². The molecule has 0 N–H and O–H groups in total. The zero-order chi connectivity index (χ0) is 13.7. The highest BCUT2D eigenvalue weighted by Gasteiger charge is 2.17. The van der Waals surface area contributed by atoms with Crippen LogP contribution in [-0.2, 0) is 6.54 Å². The lowest BCUT2D eigenvalue weighted by Gasteiger charge is -2.19. The third-order valence-electron chi connectivity index (χ3n) is 3.87. The average Bonchev–Trinajstić information content (AvgIpc) is 2.54. The second-order valence-electron chi connectivity index (χ2n) is 5.61. The fourth-order valence-electron chi connectivity index (χ4n) is 2.94. The molecule has 1 fully saturated rings. The van der Waals surface area contributed by atoms with Crippen molar-refractivity contribution in [3.05, 3.63) is 22.7 Å². The van der Waals surface area contributed by atoms with E-state index in [1.807, 2.05) is 13.0 Å². The zero-order valence-corrected chi connectivity index (χ0v) is 12.8. The van der Waals surface area contributed by atoms with Crippen LogP contribution in [0.2, 0.25) is 5.15 Å². The van der Waals surface area contributed by atoms with E-state index in [0.29, 0.717) is 5.15 Å². The van der Waals surface area contributed by atoms with Crippen molar-refractivity contribution in [3.8, 4) is 0 Å². The van der Waals surface area contributed by atoms with Crippen molar-refractivity contribution in [2.45, 2.75) is 52.5 Å². The smallest absolute Gasteiger partial charge is 0.144 e. The lowest BCUT2D eigenvalue weighted by atomic mass is 9.96. The summed E-state index contributed by atoms with van der Waals surface area (Å²) in [5.41, 5.74) is 0.952. The third kappa shape index (κ3) is 4.73. The first-order valence-corrected chi connectivity index (χ1v) is 7.77. The van der Waals surface area contributed by atoms with Gasteiger partial charge in [0.25, 0.3) is 0 Å². The predicted molar refractivity (Wildman–Crippen MR) is 79.3 cm³/mol. The lowest BCUT2D eigenvalue weighted by molar-refractivity contribution is 0.264. The minimum absolute atomic E-state index is 0.557. The van der Waals surface area contributed by atoms with E-state index in [1.54, 1.807) is 0 Å². The molecule has 1 aliphatic heterocycles. The van der Waals surface area contributed by atoms with E-state index >= 15 is 0 Å². The number of hydrogen-bond acceptors (Lipinski definition) is 3. The standard InChI is InChI=1S/C15H24ClN3/c1-3-5-13-6-4-8-19(9-7-13)11-15-17-12(2)10-14(16)18-15/h10,13H,3-9,11H2,1-2H3. The van der Waals surface area contributed by atoms with Gasteiger partial charge < -0.3 is 0 Å². The second-order valence-corrected chi connectivity index (χ2v) is 6.00. The van der Waals surface area contributed by atoms with Gasteiger partial charge in [-0.3, -0.25) is 4.90 Å². The maximum Gasteiger partial charge on any atom is 0.144 e. The van der Waals surface area contributed by atoms with Crippen LogP contribution in [0.25, 0.3) is 0 Å². The van der Waals surface area contributed by atoms with E-state index in [2.05, 4.69) is 21.8 Å². The fraction of sp³-hybridized carbons (Fsp3) is 0.733. The van der Waals surface area contributed by atoms with Crippen molar-refractivity contribution >= 4 is 11.6 Å². The number of hydrogen-bond donors (Lipinski definition) is 0. The lowest BCUT2D eigenvalue weighted by Crippen LogP contribution is -2.25. The molecule has 0 spiro atoms. The summed E-state index contributed by atoms with van der Waals surface area (Å²) in [5, 5.41) is 0.557. The normalized spacial score (nSPS) is 21.3. The molecule has 0 radical (unpaired) electrons. The van der Waals surface area contributed by atoms with Gasteiger partial charge in [0.05, 0.1) is 6.54 Å². The number of halogens is 1. The number of aryl methyl sites for hydroxylation is 1. The monoisotopic (exact) mass is 281 g/mol. The van der Waals surface area contributed by atoms with Crippen molar-refractivity contribution in [2.24, 2.45) is 5.92 Å². The number of likely N-dealkylation sites (tertiary alicyclic amines) is 1. The van der Waals surface area contributed by atoms with Crippen LogP contribution in [0, 0.1) is 12.8 Å². The molecule has 1 aliphatic rings. The quantitative estimate of drug-likeness (QED) is 0.785. The molecule has 1 aromatic heterocycles. The molecular weight excluding hydrogens is 258 g/mol. The molecule has 1 saturated heterocycles. The van der Waals surface area contributed by atoms with Crippen molar-refractivity contribution < 1.29 is 0 Å². The highest BCUT2D eigenvalue weighted by atomic mass is 35.5. The average molecular weight is 282 g/mol. The molecule has 0 amide bonds. The van der Waals surface area contributed by atoms with E-state index in [1.165, 1.54) is 38.6 Å². The van der Waals surface area contributed by atoms with Crippen LogP contribution in [0.1, 0.15) is 50.5 Å². The molecule has 2 heterocycles. The predicted octanol–water partition coefficient (Wildman–Crippen LogP) is 3.84. The Kier molecular flexibility index (Phi) is 5.59. The molecular formula is C15H24ClN3. The Balaban J connectivity index is 1.92. The van der Waals surface area contributed by atoms with Crippen LogP contribution in [0.15, 0.2) is 6.07 Å². The van der Waals surface area contributed by atoms with Gasteiger partial charge in [-0.05, 0) is 51.3 Å². The molecule has 1 unspecified atom stereocenters. The first-order chi connectivity index (χ1) is 9.17. The number of nitrogens with zero attached hydrogens (tertiary/aromatic N) is 3. The Hall–Kier alpha value is -0.670. The molecule has 106 valence electrons. The molecule has 4 heteroatoms. The summed E-state index contributed by atoms with van der Waals surface area (Å²) < 4.78 is 0. The Morgan fingerprint density at radius 1 is 1.32 bits per heavy atom. The third-order valence-corrected chi connectivity index (χ3v) is 4.07. The van der Waals surface area contributed by atoms with Crippen LogP contribution >= 0.6 is 11.6 Å². The van der Waals surface area contributed by atoms with Crippen molar-refractivity contribution in [1.29, 1.82) is 0 Å². The fourth-order valence-corrected chi connectivity index (χ4v) is 3.19. The van der Waals surface area contributed by atoms with Crippen molar-refractivity contribution in [1.82, 2.24) is 14.9 Å². The van der Waals surface area contributed by atoms with Crippen LogP contribution in [0.3, 0.4) is 0 Å². The maximum absolute atomic E-state index is 5.99. The Morgan fingerprint density at radius 2 is 2.16 bits per heavy atom. The molecule has 0 saturated carbocycles.